The van der Waals surface area contributed by atoms with Gasteiger partial charge in [0.1, 0.15) is 17.3 Å². The lowest BCUT2D eigenvalue weighted by Crippen LogP contribution is -2.37. The fourth-order valence-corrected chi connectivity index (χ4v) is 3.36. The summed E-state index contributed by atoms with van der Waals surface area (Å²) in [6.45, 7) is 6.21. The summed E-state index contributed by atoms with van der Waals surface area (Å²) in [5.74, 6) is 1.17. The molecule has 1 saturated heterocycles. The number of nitrogens with one attached hydrogen (secondary N) is 1. The molecule has 0 aliphatic carbocycles. The Balaban J connectivity index is 1.56. The standard InChI is InChI=1S/C18H22ClFN2O/c1-2-22-9-3-4-14(22)11-21-12-15-6-8-18(23-15)13-5-7-17(20)16(19)10-13/h5-8,10,14,21H,2-4,9,11-12H2,1H3/t14-/m0/s1. The summed E-state index contributed by atoms with van der Waals surface area (Å²) >= 11 is 5.82. The van der Waals surface area contributed by atoms with Crippen molar-refractivity contribution in [3.8, 4) is 11.3 Å². The Hall–Kier alpha value is -1.36. The molecule has 0 radical (unpaired) electrons. The summed E-state index contributed by atoms with van der Waals surface area (Å²) < 4.78 is 19.0. The van der Waals surface area contributed by atoms with Crippen LogP contribution in [0.3, 0.4) is 0 Å². The molecule has 3 rings (SSSR count). The smallest absolute Gasteiger partial charge is 0.141 e. The molecule has 23 heavy (non-hydrogen) atoms. The zero-order valence-corrected chi connectivity index (χ0v) is 14.1. The molecule has 1 fully saturated rings. The zero-order chi connectivity index (χ0) is 16.2. The lowest BCUT2D eigenvalue weighted by molar-refractivity contribution is 0.258. The lowest BCUT2D eigenvalue weighted by atomic mass is 10.2. The lowest BCUT2D eigenvalue weighted by Gasteiger charge is -2.22. The van der Waals surface area contributed by atoms with Gasteiger partial charge in [-0.25, -0.2) is 4.39 Å². The molecule has 2 heterocycles. The number of nitrogens with zero attached hydrogens (tertiary/aromatic N) is 1. The monoisotopic (exact) mass is 336 g/mol. The van der Waals surface area contributed by atoms with Crippen LogP contribution in [0, 0.1) is 5.82 Å². The van der Waals surface area contributed by atoms with E-state index in [0.29, 0.717) is 18.3 Å². The van der Waals surface area contributed by atoms with Crippen molar-refractivity contribution in [2.45, 2.75) is 32.4 Å². The number of halogens is 2. The highest BCUT2D eigenvalue weighted by molar-refractivity contribution is 6.31. The van der Waals surface area contributed by atoms with Crippen LogP contribution in [-0.2, 0) is 6.54 Å². The van der Waals surface area contributed by atoms with E-state index < -0.39 is 5.82 Å². The number of benzene rings is 1. The number of hydrogen-bond donors (Lipinski definition) is 1. The highest BCUT2D eigenvalue weighted by Crippen LogP contribution is 2.26. The van der Waals surface area contributed by atoms with Crippen LogP contribution in [-0.4, -0.2) is 30.6 Å². The predicted octanol–water partition coefficient (Wildman–Crippen LogP) is 4.31. The molecular formula is C18H22ClFN2O. The Kier molecular flexibility index (Phi) is 5.36. The highest BCUT2D eigenvalue weighted by Gasteiger charge is 2.22. The number of furan rings is 1. The summed E-state index contributed by atoms with van der Waals surface area (Å²) in [6, 6.07) is 9.10. The van der Waals surface area contributed by atoms with Crippen molar-refractivity contribution in [1.82, 2.24) is 10.2 Å². The van der Waals surface area contributed by atoms with Gasteiger partial charge in [-0.05, 0) is 56.3 Å². The van der Waals surface area contributed by atoms with Crippen molar-refractivity contribution in [3.63, 3.8) is 0 Å². The normalized spacial score (nSPS) is 18.7. The first-order valence-electron chi connectivity index (χ1n) is 8.16. The molecule has 1 aliphatic rings. The van der Waals surface area contributed by atoms with E-state index >= 15 is 0 Å². The van der Waals surface area contributed by atoms with E-state index in [9.17, 15) is 4.39 Å². The predicted molar refractivity (Wildman–Crippen MR) is 91.1 cm³/mol. The molecule has 0 bridgehead atoms. The van der Waals surface area contributed by atoms with Gasteiger partial charge >= 0.3 is 0 Å². The number of hydrogen-bond acceptors (Lipinski definition) is 3. The Morgan fingerprint density at radius 3 is 3.00 bits per heavy atom. The number of rotatable bonds is 6. The van der Waals surface area contributed by atoms with Crippen molar-refractivity contribution < 1.29 is 8.81 Å². The second-order valence-corrected chi connectivity index (χ2v) is 6.36. The second-order valence-electron chi connectivity index (χ2n) is 5.95. The minimum atomic E-state index is -0.416. The molecule has 3 nitrogen and oxygen atoms in total. The molecule has 1 atom stereocenters. The van der Waals surface area contributed by atoms with Gasteiger partial charge in [-0.2, -0.15) is 0 Å². The third-order valence-corrected chi connectivity index (χ3v) is 4.74. The van der Waals surface area contributed by atoms with Crippen LogP contribution in [0.4, 0.5) is 4.39 Å². The van der Waals surface area contributed by atoms with Crippen LogP contribution in [0.25, 0.3) is 11.3 Å². The minimum absolute atomic E-state index is 0.111. The van der Waals surface area contributed by atoms with Gasteiger partial charge in [-0.15, -0.1) is 0 Å². The molecule has 124 valence electrons. The van der Waals surface area contributed by atoms with Gasteiger partial charge in [0.05, 0.1) is 11.6 Å². The van der Waals surface area contributed by atoms with E-state index in [1.807, 2.05) is 12.1 Å². The molecule has 1 aliphatic heterocycles. The van der Waals surface area contributed by atoms with Crippen LogP contribution in [0.1, 0.15) is 25.5 Å². The van der Waals surface area contributed by atoms with E-state index in [4.69, 9.17) is 16.0 Å². The average molecular weight is 337 g/mol. The topological polar surface area (TPSA) is 28.4 Å². The Labute approximate surface area is 141 Å². The molecule has 2 aromatic rings. The van der Waals surface area contributed by atoms with Crippen molar-refractivity contribution in [2.24, 2.45) is 0 Å². The molecule has 0 saturated carbocycles. The summed E-state index contributed by atoms with van der Waals surface area (Å²) in [7, 11) is 0. The van der Waals surface area contributed by atoms with Gasteiger partial charge in [0.25, 0.3) is 0 Å². The van der Waals surface area contributed by atoms with Crippen molar-refractivity contribution >= 4 is 11.6 Å². The van der Waals surface area contributed by atoms with Crippen molar-refractivity contribution in [1.29, 1.82) is 0 Å². The summed E-state index contributed by atoms with van der Waals surface area (Å²) in [6.07, 6.45) is 2.55. The third-order valence-electron chi connectivity index (χ3n) is 4.45. The first-order valence-corrected chi connectivity index (χ1v) is 8.54. The molecule has 0 spiro atoms. The highest BCUT2D eigenvalue weighted by atomic mass is 35.5. The SMILES string of the molecule is CCN1CCC[C@H]1CNCc1ccc(-c2ccc(F)c(Cl)c2)o1. The zero-order valence-electron chi connectivity index (χ0n) is 13.3. The Morgan fingerprint density at radius 1 is 1.35 bits per heavy atom. The Bertz CT molecular complexity index is 658. The average Bonchev–Trinajstić information content (AvgIpc) is 3.19. The van der Waals surface area contributed by atoms with Crippen LogP contribution in [0.5, 0.6) is 0 Å². The van der Waals surface area contributed by atoms with E-state index in [-0.39, 0.29) is 5.02 Å². The van der Waals surface area contributed by atoms with Gasteiger partial charge in [0, 0.05) is 18.2 Å². The summed E-state index contributed by atoms with van der Waals surface area (Å²) in [5, 5.41) is 3.58. The summed E-state index contributed by atoms with van der Waals surface area (Å²) in [4.78, 5) is 2.51. The van der Waals surface area contributed by atoms with Gasteiger partial charge in [-0.3, -0.25) is 4.90 Å². The Morgan fingerprint density at radius 2 is 2.22 bits per heavy atom. The first kappa shape index (κ1) is 16.5. The van der Waals surface area contributed by atoms with Crippen LogP contribution in [0.15, 0.2) is 34.7 Å². The van der Waals surface area contributed by atoms with E-state index in [1.54, 1.807) is 12.1 Å². The van der Waals surface area contributed by atoms with Gasteiger partial charge < -0.3 is 9.73 Å². The largest absolute Gasteiger partial charge is 0.460 e. The quantitative estimate of drug-likeness (QED) is 0.852. The molecule has 1 aromatic carbocycles. The minimum Gasteiger partial charge on any atom is -0.460 e. The van der Waals surface area contributed by atoms with Crippen LogP contribution >= 0.6 is 11.6 Å². The van der Waals surface area contributed by atoms with Crippen LogP contribution < -0.4 is 5.32 Å². The van der Waals surface area contributed by atoms with Gasteiger partial charge in [0.2, 0.25) is 0 Å². The van der Waals surface area contributed by atoms with Crippen LogP contribution in [0.2, 0.25) is 5.02 Å². The molecular weight excluding hydrogens is 315 g/mol. The molecule has 5 heteroatoms. The molecule has 1 aromatic heterocycles. The van der Waals surface area contributed by atoms with Crippen molar-refractivity contribution in [3.05, 3.63) is 46.9 Å². The van der Waals surface area contributed by atoms with Gasteiger partial charge in [0.15, 0.2) is 0 Å². The molecule has 0 amide bonds. The third kappa shape index (κ3) is 3.94. The number of likely N-dealkylation sites (tertiary alicyclic amines) is 1. The van der Waals surface area contributed by atoms with Crippen molar-refractivity contribution in [2.75, 3.05) is 19.6 Å². The first-order chi connectivity index (χ1) is 11.2. The maximum atomic E-state index is 13.2. The fourth-order valence-electron chi connectivity index (χ4n) is 3.18. The fraction of sp³-hybridized carbons (Fsp3) is 0.444. The van der Waals surface area contributed by atoms with E-state index in [0.717, 1.165) is 24.4 Å². The number of likely N-dealkylation sites (N-methyl/N-ethyl adjacent to an activating group) is 1. The maximum absolute atomic E-state index is 13.2. The van der Waals surface area contributed by atoms with E-state index in [2.05, 4.69) is 17.1 Å². The molecule has 0 unspecified atom stereocenters. The maximum Gasteiger partial charge on any atom is 0.141 e. The van der Waals surface area contributed by atoms with E-state index in [1.165, 1.54) is 25.5 Å². The second kappa shape index (κ2) is 7.47. The summed E-state index contributed by atoms with van der Waals surface area (Å²) in [5.41, 5.74) is 0.788. The van der Waals surface area contributed by atoms with Gasteiger partial charge in [-0.1, -0.05) is 18.5 Å². The molecule has 1 N–H and O–H groups in total.